The molecular weight excluding hydrogens is 343 g/mol. The Morgan fingerprint density at radius 2 is 1.73 bits per heavy atom. The minimum Gasteiger partial charge on any atom is -0.461 e. The summed E-state index contributed by atoms with van der Waals surface area (Å²) in [5, 5.41) is 2.48. The highest BCUT2D eigenvalue weighted by molar-refractivity contribution is 5.90. The van der Waals surface area contributed by atoms with Gasteiger partial charge >= 0.3 is 6.18 Å². The third-order valence-electron chi connectivity index (χ3n) is 3.79. The van der Waals surface area contributed by atoms with Crippen LogP contribution in [-0.2, 0) is 17.4 Å². The van der Waals surface area contributed by atoms with Crippen LogP contribution in [0.25, 0.3) is 11.3 Å². The second kappa shape index (κ2) is 7.47. The summed E-state index contributed by atoms with van der Waals surface area (Å²) in [6, 6.07) is 17.7. The summed E-state index contributed by atoms with van der Waals surface area (Å²) in [6.07, 6.45) is -3.97. The number of amides is 1. The average molecular weight is 359 g/mol. The fourth-order valence-corrected chi connectivity index (χ4v) is 2.50. The van der Waals surface area contributed by atoms with Crippen molar-refractivity contribution in [3.05, 3.63) is 78.1 Å². The first-order chi connectivity index (χ1) is 12.4. The Kier molecular flexibility index (Phi) is 5.11. The first-order valence-corrected chi connectivity index (χ1v) is 8.03. The Morgan fingerprint density at radius 1 is 0.962 bits per heavy atom. The molecule has 3 aromatic rings. The van der Waals surface area contributed by atoms with Crippen molar-refractivity contribution in [1.82, 2.24) is 0 Å². The van der Waals surface area contributed by atoms with Crippen LogP contribution in [0.15, 0.2) is 71.1 Å². The number of hydrogen-bond donors (Lipinski definition) is 1. The lowest BCUT2D eigenvalue weighted by Gasteiger charge is -2.09. The van der Waals surface area contributed by atoms with Gasteiger partial charge in [-0.05, 0) is 30.3 Å². The van der Waals surface area contributed by atoms with Crippen molar-refractivity contribution < 1.29 is 22.4 Å². The summed E-state index contributed by atoms with van der Waals surface area (Å²) in [7, 11) is 0. The van der Waals surface area contributed by atoms with E-state index in [0.29, 0.717) is 17.9 Å². The Balaban J connectivity index is 1.57. The van der Waals surface area contributed by atoms with E-state index in [-0.39, 0.29) is 18.0 Å². The van der Waals surface area contributed by atoms with Gasteiger partial charge in [0.2, 0.25) is 5.91 Å². The summed E-state index contributed by atoms with van der Waals surface area (Å²) in [6.45, 7) is 0. The van der Waals surface area contributed by atoms with Crippen LogP contribution in [0.5, 0.6) is 0 Å². The molecule has 0 unspecified atom stereocenters. The Labute approximate surface area is 148 Å². The lowest BCUT2D eigenvalue weighted by Crippen LogP contribution is -2.13. The van der Waals surface area contributed by atoms with Crippen LogP contribution in [0.1, 0.15) is 17.7 Å². The zero-order valence-electron chi connectivity index (χ0n) is 13.7. The van der Waals surface area contributed by atoms with Gasteiger partial charge in [-0.3, -0.25) is 4.79 Å². The van der Waals surface area contributed by atoms with E-state index < -0.39 is 11.7 Å². The standard InChI is InChI=1S/C20H16F3NO2/c21-20(22,23)15-7-4-8-16(13-15)24-19(25)12-10-17-9-11-18(26-17)14-5-2-1-3-6-14/h1-9,11,13H,10,12H2,(H,24,25). The van der Waals surface area contributed by atoms with Gasteiger partial charge in [0.25, 0.3) is 0 Å². The smallest absolute Gasteiger partial charge is 0.416 e. The Hall–Kier alpha value is -3.02. The fourth-order valence-electron chi connectivity index (χ4n) is 2.50. The van der Waals surface area contributed by atoms with Gasteiger partial charge in [0, 0.05) is 24.1 Å². The molecule has 1 amide bonds. The molecule has 1 heterocycles. The van der Waals surface area contributed by atoms with Gasteiger partial charge in [-0.25, -0.2) is 0 Å². The number of nitrogens with one attached hydrogen (secondary N) is 1. The van der Waals surface area contributed by atoms with Gasteiger partial charge in [-0.2, -0.15) is 13.2 Å². The molecule has 0 saturated carbocycles. The highest BCUT2D eigenvalue weighted by atomic mass is 19.4. The molecule has 1 N–H and O–H groups in total. The molecule has 0 bridgehead atoms. The van der Waals surface area contributed by atoms with E-state index in [2.05, 4.69) is 5.32 Å². The monoisotopic (exact) mass is 359 g/mol. The van der Waals surface area contributed by atoms with Crippen LogP contribution in [0.3, 0.4) is 0 Å². The number of furan rings is 1. The first kappa shape index (κ1) is 17.8. The van der Waals surface area contributed by atoms with E-state index >= 15 is 0 Å². The molecule has 0 spiro atoms. The number of benzene rings is 2. The molecular formula is C20H16F3NO2. The molecule has 6 heteroatoms. The topological polar surface area (TPSA) is 42.2 Å². The van der Waals surface area contributed by atoms with Crippen molar-refractivity contribution in [2.75, 3.05) is 5.32 Å². The summed E-state index contributed by atoms with van der Waals surface area (Å²) in [5.41, 5.74) is 0.259. The predicted octanol–water partition coefficient (Wildman–Crippen LogP) is 5.54. The molecule has 0 atom stereocenters. The summed E-state index contributed by atoms with van der Waals surface area (Å²) >= 11 is 0. The number of anilines is 1. The molecule has 1 aromatic heterocycles. The van der Waals surface area contributed by atoms with Crippen LogP contribution in [-0.4, -0.2) is 5.91 Å². The minimum absolute atomic E-state index is 0.109. The summed E-state index contributed by atoms with van der Waals surface area (Å²) in [5.74, 6) is 0.976. The molecule has 134 valence electrons. The SMILES string of the molecule is O=C(CCc1ccc(-c2ccccc2)o1)Nc1cccc(C(F)(F)F)c1. The molecule has 0 fully saturated rings. The van der Waals surface area contributed by atoms with Crippen molar-refractivity contribution >= 4 is 11.6 Å². The molecule has 0 aliphatic heterocycles. The first-order valence-electron chi connectivity index (χ1n) is 8.03. The van der Waals surface area contributed by atoms with Crippen LogP contribution in [0.4, 0.5) is 18.9 Å². The zero-order chi connectivity index (χ0) is 18.6. The summed E-state index contributed by atoms with van der Waals surface area (Å²) < 4.78 is 43.8. The van der Waals surface area contributed by atoms with Gasteiger partial charge in [-0.15, -0.1) is 0 Å². The van der Waals surface area contributed by atoms with E-state index in [9.17, 15) is 18.0 Å². The molecule has 26 heavy (non-hydrogen) atoms. The minimum atomic E-state index is -4.44. The normalized spacial score (nSPS) is 11.3. The number of carbonyl (C=O) groups is 1. The Bertz CT molecular complexity index is 885. The van der Waals surface area contributed by atoms with Crippen molar-refractivity contribution in [3.8, 4) is 11.3 Å². The van der Waals surface area contributed by atoms with E-state index in [1.165, 1.54) is 12.1 Å². The Morgan fingerprint density at radius 3 is 2.46 bits per heavy atom. The maximum Gasteiger partial charge on any atom is 0.416 e. The highest BCUT2D eigenvalue weighted by Crippen LogP contribution is 2.30. The van der Waals surface area contributed by atoms with Gasteiger partial charge in [-0.1, -0.05) is 36.4 Å². The van der Waals surface area contributed by atoms with Crippen molar-refractivity contribution in [3.63, 3.8) is 0 Å². The predicted molar refractivity (Wildman–Crippen MR) is 92.5 cm³/mol. The van der Waals surface area contributed by atoms with Gasteiger partial charge < -0.3 is 9.73 Å². The average Bonchev–Trinajstić information content (AvgIpc) is 3.09. The molecule has 3 nitrogen and oxygen atoms in total. The maximum atomic E-state index is 12.7. The quantitative estimate of drug-likeness (QED) is 0.650. The van der Waals surface area contributed by atoms with Crippen molar-refractivity contribution in [2.24, 2.45) is 0 Å². The third kappa shape index (κ3) is 4.53. The lowest BCUT2D eigenvalue weighted by atomic mass is 10.2. The maximum absolute atomic E-state index is 12.7. The number of halogens is 3. The summed E-state index contributed by atoms with van der Waals surface area (Å²) in [4.78, 5) is 12.0. The van der Waals surface area contributed by atoms with E-state index in [4.69, 9.17) is 4.42 Å². The van der Waals surface area contributed by atoms with Crippen molar-refractivity contribution in [2.45, 2.75) is 19.0 Å². The van der Waals surface area contributed by atoms with Gasteiger partial charge in [0.1, 0.15) is 11.5 Å². The van der Waals surface area contributed by atoms with E-state index in [1.807, 2.05) is 36.4 Å². The number of aryl methyl sites for hydroxylation is 1. The number of alkyl halides is 3. The van der Waals surface area contributed by atoms with E-state index in [0.717, 1.165) is 17.7 Å². The molecule has 0 saturated heterocycles. The number of hydrogen-bond acceptors (Lipinski definition) is 2. The lowest BCUT2D eigenvalue weighted by molar-refractivity contribution is -0.137. The van der Waals surface area contributed by atoms with Gasteiger partial charge in [0.15, 0.2) is 0 Å². The molecule has 2 aromatic carbocycles. The third-order valence-corrected chi connectivity index (χ3v) is 3.79. The van der Waals surface area contributed by atoms with E-state index in [1.54, 1.807) is 6.07 Å². The van der Waals surface area contributed by atoms with Gasteiger partial charge in [0.05, 0.1) is 5.56 Å². The fraction of sp³-hybridized carbons (Fsp3) is 0.150. The molecule has 3 rings (SSSR count). The molecule has 0 aliphatic carbocycles. The van der Waals surface area contributed by atoms with Crippen LogP contribution in [0.2, 0.25) is 0 Å². The number of carbonyl (C=O) groups excluding carboxylic acids is 1. The van der Waals surface area contributed by atoms with Crippen molar-refractivity contribution in [1.29, 1.82) is 0 Å². The second-order valence-electron chi connectivity index (χ2n) is 5.76. The van der Waals surface area contributed by atoms with Crippen LogP contribution < -0.4 is 5.32 Å². The number of rotatable bonds is 5. The second-order valence-corrected chi connectivity index (χ2v) is 5.76. The molecule has 0 aliphatic rings. The van der Waals surface area contributed by atoms with Crippen LogP contribution in [0, 0.1) is 0 Å². The zero-order valence-corrected chi connectivity index (χ0v) is 13.7. The van der Waals surface area contributed by atoms with Crippen LogP contribution >= 0.6 is 0 Å². The highest BCUT2D eigenvalue weighted by Gasteiger charge is 2.30. The molecule has 0 radical (unpaired) electrons. The largest absolute Gasteiger partial charge is 0.461 e.